The summed E-state index contributed by atoms with van der Waals surface area (Å²) in [4.78, 5) is 14.2. The van der Waals surface area contributed by atoms with Gasteiger partial charge < -0.3 is 15.0 Å². The third-order valence-corrected chi connectivity index (χ3v) is 3.37. The summed E-state index contributed by atoms with van der Waals surface area (Å²) in [5, 5.41) is 3.21. The number of amides is 1. The zero-order valence-electron chi connectivity index (χ0n) is 10.1. The number of nitrogens with one attached hydrogen (secondary N) is 1. The van der Waals surface area contributed by atoms with Crippen LogP contribution in [0.3, 0.4) is 0 Å². The van der Waals surface area contributed by atoms with Crippen LogP contribution in [0.15, 0.2) is 24.3 Å². The van der Waals surface area contributed by atoms with E-state index in [1.165, 1.54) is 5.56 Å². The molecule has 1 N–H and O–H groups in total. The maximum atomic E-state index is 12.3. The van der Waals surface area contributed by atoms with E-state index in [-0.39, 0.29) is 24.4 Å². The van der Waals surface area contributed by atoms with Gasteiger partial charge in [-0.1, -0.05) is 18.2 Å². The lowest BCUT2D eigenvalue weighted by Crippen LogP contribution is -2.52. The van der Waals surface area contributed by atoms with E-state index in [0.29, 0.717) is 13.2 Å². The summed E-state index contributed by atoms with van der Waals surface area (Å²) in [7, 11) is 0. The number of halogens is 1. The van der Waals surface area contributed by atoms with Crippen molar-refractivity contribution >= 4 is 24.0 Å². The summed E-state index contributed by atoms with van der Waals surface area (Å²) < 4.78 is 5.34. The van der Waals surface area contributed by atoms with Crippen LogP contribution in [0.4, 0.5) is 5.69 Å². The first-order valence-electron chi connectivity index (χ1n) is 6.06. The molecule has 1 saturated heterocycles. The van der Waals surface area contributed by atoms with Gasteiger partial charge in [0.25, 0.3) is 0 Å². The van der Waals surface area contributed by atoms with E-state index in [4.69, 9.17) is 4.74 Å². The fraction of sp³-hybridized carbons (Fsp3) is 0.462. The number of nitrogens with zero attached hydrogens (tertiary/aromatic N) is 1. The number of carbonyl (C=O) groups excluding carboxylic acids is 1. The monoisotopic (exact) mass is 268 g/mol. The Hall–Kier alpha value is -1.10. The van der Waals surface area contributed by atoms with Crippen molar-refractivity contribution in [2.24, 2.45) is 0 Å². The summed E-state index contributed by atoms with van der Waals surface area (Å²) in [5.74, 6) is 0.134. The molecular formula is C13H17ClN2O2. The Morgan fingerprint density at radius 1 is 1.39 bits per heavy atom. The average Bonchev–Trinajstić information content (AvgIpc) is 2.83. The second-order valence-corrected chi connectivity index (χ2v) is 4.45. The number of benzene rings is 1. The molecule has 0 aliphatic carbocycles. The van der Waals surface area contributed by atoms with Gasteiger partial charge in [0.15, 0.2) is 0 Å². The average molecular weight is 269 g/mol. The lowest BCUT2D eigenvalue weighted by Gasteiger charge is -2.27. The van der Waals surface area contributed by atoms with Gasteiger partial charge in [0.05, 0.1) is 13.2 Å². The van der Waals surface area contributed by atoms with Crippen molar-refractivity contribution in [3.8, 4) is 0 Å². The molecule has 2 aliphatic rings. The van der Waals surface area contributed by atoms with Crippen molar-refractivity contribution in [3.05, 3.63) is 29.8 Å². The number of carbonyl (C=O) groups is 1. The lowest BCUT2D eigenvalue weighted by atomic mass is 10.2. The number of rotatable bonds is 1. The fourth-order valence-electron chi connectivity index (χ4n) is 2.48. The summed E-state index contributed by atoms with van der Waals surface area (Å²) in [6.45, 7) is 2.72. The van der Waals surface area contributed by atoms with Gasteiger partial charge in [-0.25, -0.2) is 0 Å². The highest BCUT2D eigenvalue weighted by atomic mass is 35.5. The van der Waals surface area contributed by atoms with E-state index >= 15 is 0 Å². The number of para-hydroxylation sites is 1. The van der Waals surface area contributed by atoms with E-state index in [1.54, 1.807) is 0 Å². The summed E-state index contributed by atoms with van der Waals surface area (Å²) in [6.07, 6.45) is 0.954. The van der Waals surface area contributed by atoms with Crippen LogP contribution >= 0.6 is 12.4 Å². The van der Waals surface area contributed by atoms with Crippen molar-refractivity contribution in [2.45, 2.75) is 12.5 Å². The highest BCUT2D eigenvalue weighted by Gasteiger charge is 2.30. The predicted molar refractivity (Wildman–Crippen MR) is 72.4 cm³/mol. The van der Waals surface area contributed by atoms with Crippen LogP contribution in [0.5, 0.6) is 0 Å². The Morgan fingerprint density at radius 3 is 3.00 bits per heavy atom. The molecule has 0 radical (unpaired) electrons. The normalized spacial score (nSPS) is 22.2. The predicted octanol–water partition coefficient (Wildman–Crippen LogP) is 0.986. The highest BCUT2D eigenvalue weighted by Crippen LogP contribution is 2.27. The van der Waals surface area contributed by atoms with Crippen molar-refractivity contribution in [1.29, 1.82) is 0 Å². The molecule has 1 aromatic rings. The maximum absolute atomic E-state index is 12.3. The van der Waals surface area contributed by atoms with Crippen LogP contribution in [-0.2, 0) is 16.0 Å². The molecule has 3 rings (SSSR count). The largest absolute Gasteiger partial charge is 0.378 e. The minimum Gasteiger partial charge on any atom is -0.378 e. The SMILES string of the molecule is Cl.O=C(C1COCCN1)N1CCc2ccccc21. The molecule has 2 heterocycles. The number of morpholine rings is 1. The highest BCUT2D eigenvalue weighted by molar-refractivity contribution is 5.99. The molecule has 1 amide bonds. The minimum absolute atomic E-state index is 0. The molecule has 18 heavy (non-hydrogen) atoms. The molecule has 0 saturated carbocycles. The number of fused-ring (bicyclic) bond motifs is 1. The third-order valence-electron chi connectivity index (χ3n) is 3.37. The molecule has 0 bridgehead atoms. The maximum Gasteiger partial charge on any atom is 0.246 e. The van der Waals surface area contributed by atoms with Crippen LogP contribution < -0.4 is 10.2 Å². The molecule has 1 aromatic carbocycles. The van der Waals surface area contributed by atoms with Gasteiger partial charge in [0.2, 0.25) is 5.91 Å². The van der Waals surface area contributed by atoms with E-state index < -0.39 is 0 Å². The Balaban J connectivity index is 0.00000120. The van der Waals surface area contributed by atoms with E-state index in [0.717, 1.165) is 25.2 Å². The molecule has 0 spiro atoms. The Kier molecular flexibility index (Phi) is 4.22. The molecule has 4 nitrogen and oxygen atoms in total. The van der Waals surface area contributed by atoms with Gasteiger partial charge in [-0.2, -0.15) is 0 Å². The van der Waals surface area contributed by atoms with Crippen LogP contribution in [0.25, 0.3) is 0 Å². The third kappa shape index (κ3) is 2.36. The second kappa shape index (κ2) is 5.69. The minimum atomic E-state index is -0.185. The fourth-order valence-corrected chi connectivity index (χ4v) is 2.48. The first kappa shape index (κ1) is 13.3. The molecular weight excluding hydrogens is 252 g/mol. The molecule has 0 aromatic heterocycles. The summed E-state index contributed by atoms with van der Waals surface area (Å²) in [6, 6.07) is 7.93. The summed E-state index contributed by atoms with van der Waals surface area (Å²) >= 11 is 0. The Morgan fingerprint density at radius 2 is 2.22 bits per heavy atom. The van der Waals surface area contributed by atoms with Crippen LogP contribution in [0.2, 0.25) is 0 Å². The molecule has 1 unspecified atom stereocenters. The van der Waals surface area contributed by atoms with E-state index in [1.807, 2.05) is 23.1 Å². The Labute approximate surface area is 113 Å². The second-order valence-electron chi connectivity index (χ2n) is 4.45. The van der Waals surface area contributed by atoms with Crippen molar-refractivity contribution in [3.63, 3.8) is 0 Å². The molecule has 98 valence electrons. The first-order valence-corrected chi connectivity index (χ1v) is 6.06. The quantitative estimate of drug-likeness (QED) is 0.826. The number of ether oxygens (including phenoxy) is 1. The van der Waals surface area contributed by atoms with Crippen LogP contribution in [-0.4, -0.2) is 38.3 Å². The number of hydrogen-bond donors (Lipinski definition) is 1. The van der Waals surface area contributed by atoms with Gasteiger partial charge in [-0.15, -0.1) is 12.4 Å². The zero-order valence-corrected chi connectivity index (χ0v) is 10.9. The molecule has 2 aliphatic heterocycles. The van der Waals surface area contributed by atoms with Crippen molar-refractivity contribution in [2.75, 3.05) is 31.2 Å². The van der Waals surface area contributed by atoms with Crippen molar-refractivity contribution < 1.29 is 9.53 Å². The van der Waals surface area contributed by atoms with Gasteiger partial charge >= 0.3 is 0 Å². The molecule has 1 atom stereocenters. The molecule has 1 fully saturated rings. The van der Waals surface area contributed by atoms with Gasteiger partial charge in [-0.3, -0.25) is 4.79 Å². The van der Waals surface area contributed by atoms with E-state index in [9.17, 15) is 4.79 Å². The van der Waals surface area contributed by atoms with Crippen LogP contribution in [0.1, 0.15) is 5.56 Å². The van der Waals surface area contributed by atoms with Gasteiger partial charge in [0.1, 0.15) is 6.04 Å². The van der Waals surface area contributed by atoms with Gasteiger partial charge in [0, 0.05) is 18.8 Å². The Bertz CT molecular complexity index is 433. The summed E-state index contributed by atoms with van der Waals surface area (Å²) in [5.41, 5.74) is 2.32. The molecule has 5 heteroatoms. The topological polar surface area (TPSA) is 41.6 Å². The number of hydrogen-bond acceptors (Lipinski definition) is 3. The number of anilines is 1. The van der Waals surface area contributed by atoms with Crippen LogP contribution in [0, 0.1) is 0 Å². The zero-order chi connectivity index (χ0) is 11.7. The van der Waals surface area contributed by atoms with E-state index in [2.05, 4.69) is 11.4 Å². The standard InChI is InChI=1S/C13H16N2O2.ClH/c16-13(11-9-17-8-6-14-11)15-7-5-10-3-1-2-4-12(10)15;/h1-4,11,14H,5-9H2;1H. The first-order chi connectivity index (χ1) is 8.36. The smallest absolute Gasteiger partial charge is 0.246 e. The van der Waals surface area contributed by atoms with Crippen molar-refractivity contribution in [1.82, 2.24) is 5.32 Å². The lowest BCUT2D eigenvalue weighted by molar-refractivity contribution is -0.123. The van der Waals surface area contributed by atoms with Gasteiger partial charge in [-0.05, 0) is 18.1 Å².